The van der Waals surface area contributed by atoms with Crippen molar-refractivity contribution in [2.24, 2.45) is 0 Å². The lowest BCUT2D eigenvalue weighted by molar-refractivity contribution is -0.114. The zero-order valence-electron chi connectivity index (χ0n) is 13.9. The van der Waals surface area contributed by atoms with Crippen LogP contribution in [0.25, 0.3) is 10.3 Å². The molecule has 0 unspecified atom stereocenters. The van der Waals surface area contributed by atoms with E-state index in [4.69, 9.17) is 4.98 Å². The number of rotatable bonds is 4. The molecule has 3 aromatic heterocycles. The van der Waals surface area contributed by atoms with Crippen LogP contribution in [0.4, 0.5) is 5.13 Å². The molecule has 1 N–H and O–H groups in total. The second-order valence-electron chi connectivity index (χ2n) is 6.29. The van der Waals surface area contributed by atoms with Gasteiger partial charge in [0.15, 0.2) is 10.8 Å². The lowest BCUT2D eigenvalue weighted by Gasteiger charge is -2.31. The Bertz CT molecular complexity index is 868. The Hall–Kier alpha value is -1.90. The van der Waals surface area contributed by atoms with Crippen molar-refractivity contribution in [3.8, 4) is 0 Å². The molecule has 25 heavy (non-hydrogen) atoms. The Morgan fingerprint density at radius 1 is 1.32 bits per heavy atom. The molecule has 1 amide bonds. The number of nitrogens with one attached hydrogen (secondary N) is 1. The number of pyridine rings is 1. The number of fused-ring (bicyclic) bond motifs is 1. The van der Waals surface area contributed by atoms with E-state index in [0.29, 0.717) is 11.0 Å². The predicted molar refractivity (Wildman–Crippen MR) is 101 cm³/mol. The molecule has 0 aromatic carbocycles. The van der Waals surface area contributed by atoms with Crippen molar-refractivity contribution >= 4 is 44.1 Å². The van der Waals surface area contributed by atoms with E-state index >= 15 is 0 Å². The number of piperidine rings is 1. The molecule has 0 spiro atoms. The van der Waals surface area contributed by atoms with Crippen molar-refractivity contribution < 1.29 is 4.79 Å². The molecule has 0 atom stereocenters. The largest absolute Gasteiger partial charge is 0.302 e. The Kier molecular flexibility index (Phi) is 4.74. The number of carbonyl (C=O) groups excluding carboxylic acids is 1. The highest BCUT2D eigenvalue weighted by atomic mass is 32.1. The van der Waals surface area contributed by atoms with Crippen molar-refractivity contribution in [3.05, 3.63) is 34.4 Å². The van der Waals surface area contributed by atoms with Crippen molar-refractivity contribution in [2.75, 3.05) is 18.4 Å². The van der Waals surface area contributed by atoms with E-state index in [2.05, 4.69) is 37.7 Å². The fourth-order valence-electron chi connectivity index (χ4n) is 3.20. The van der Waals surface area contributed by atoms with Gasteiger partial charge in [0.1, 0.15) is 0 Å². The monoisotopic (exact) mass is 373 g/mol. The Morgan fingerprint density at radius 3 is 2.88 bits per heavy atom. The molecule has 3 aromatic rings. The summed E-state index contributed by atoms with van der Waals surface area (Å²) in [6.45, 7) is 4.56. The summed E-state index contributed by atoms with van der Waals surface area (Å²) in [5.74, 6) is 0.369. The molecule has 1 fully saturated rings. The van der Waals surface area contributed by atoms with E-state index < -0.39 is 0 Å². The molecule has 0 aliphatic carbocycles. The zero-order valence-corrected chi connectivity index (χ0v) is 15.6. The van der Waals surface area contributed by atoms with Crippen LogP contribution in [0.2, 0.25) is 0 Å². The van der Waals surface area contributed by atoms with Gasteiger partial charge in [-0.3, -0.25) is 9.69 Å². The molecule has 1 aliphatic heterocycles. The molecule has 0 bridgehead atoms. The van der Waals surface area contributed by atoms with Gasteiger partial charge in [-0.15, -0.1) is 11.3 Å². The van der Waals surface area contributed by atoms with E-state index in [0.717, 1.165) is 54.2 Å². The number of likely N-dealkylation sites (tertiary alicyclic amines) is 1. The second-order valence-corrected chi connectivity index (χ2v) is 8.04. The SMILES string of the molecule is CC(=O)Nc1nc2nc(C3CCN(Cc4cscn4)CC3)ccc2s1. The number of hydrogen-bond acceptors (Lipinski definition) is 7. The summed E-state index contributed by atoms with van der Waals surface area (Å²) in [6, 6.07) is 4.18. The van der Waals surface area contributed by atoms with Gasteiger partial charge in [0.2, 0.25) is 5.91 Å². The first-order valence-corrected chi connectivity index (χ1v) is 10.1. The Morgan fingerprint density at radius 2 is 2.16 bits per heavy atom. The normalized spacial score (nSPS) is 16.4. The van der Waals surface area contributed by atoms with Gasteiger partial charge in [-0.05, 0) is 38.1 Å². The van der Waals surface area contributed by atoms with E-state index in [9.17, 15) is 4.79 Å². The van der Waals surface area contributed by atoms with Crippen LogP contribution in [0.3, 0.4) is 0 Å². The van der Waals surface area contributed by atoms with Gasteiger partial charge >= 0.3 is 0 Å². The van der Waals surface area contributed by atoms with Gasteiger partial charge in [-0.25, -0.2) is 9.97 Å². The van der Waals surface area contributed by atoms with Gasteiger partial charge in [0, 0.05) is 30.5 Å². The Labute approximate surface area is 153 Å². The number of amides is 1. The minimum Gasteiger partial charge on any atom is -0.302 e. The third-order valence-corrected chi connectivity index (χ3v) is 5.99. The highest BCUT2D eigenvalue weighted by Gasteiger charge is 2.22. The van der Waals surface area contributed by atoms with Crippen LogP contribution in [0.1, 0.15) is 37.1 Å². The molecule has 4 heterocycles. The van der Waals surface area contributed by atoms with Gasteiger partial charge in [0.25, 0.3) is 0 Å². The minimum atomic E-state index is -0.105. The smallest absolute Gasteiger partial charge is 0.223 e. The van der Waals surface area contributed by atoms with E-state index in [1.807, 2.05) is 5.51 Å². The molecule has 8 heteroatoms. The maximum atomic E-state index is 11.2. The molecule has 1 saturated heterocycles. The molecular formula is C17H19N5OS2. The molecule has 6 nitrogen and oxygen atoms in total. The number of anilines is 1. The van der Waals surface area contributed by atoms with Crippen molar-refractivity contribution in [1.82, 2.24) is 19.9 Å². The van der Waals surface area contributed by atoms with Crippen LogP contribution in [0.5, 0.6) is 0 Å². The van der Waals surface area contributed by atoms with Crippen LogP contribution in [0.15, 0.2) is 23.0 Å². The van der Waals surface area contributed by atoms with E-state index in [-0.39, 0.29) is 5.91 Å². The first-order valence-electron chi connectivity index (χ1n) is 8.32. The summed E-state index contributed by atoms with van der Waals surface area (Å²) in [5, 5.41) is 5.47. The highest BCUT2D eigenvalue weighted by Crippen LogP contribution is 2.31. The number of nitrogens with zero attached hydrogens (tertiary/aromatic N) is 4. The average molecular weight is 374 g/mol. The number of hydrogen-bond donors (Lipinski definition) is 1. The molecular weight excluding hydrogens is 354 g/mol. The third kappa shape index (κ3) is 3.86. The molecule has 0 radical (unpaired) electrons. The van der Waals surface area contributed by atoms with Crippen LogP contribution in [-0.4, -0.2) is 38.8 Å². The van der Waals surface area contributed by atoms with Crippen molar-refractivity contribution in [1.29, 1.82) is 0 Å². The van der Waals surface area contributed by atoms with Crippen molar-refractivity contribution in [2.45, 2.75) is 32.2 Å². The van der Waals surface area contributed by atoms with Gasteiger partial charge < -0.3 is 5.32 Å². The zero-order chi connectivity index (χ0) is 17.2. The van der Waals surface area contributed by atoms with Crippen LogP contribution in [0, 0.1) is 0 Å². The molecule has 4 rings (SSSR count). The van der Waals surface area contributed by atoms with Crippen molar-refractivity contribution in [3.63, 3.8) is 0 Å². The Balaban J connectivity index is 1.42. The summed E-state index contributed by atoms with van der Waals surface area (Å²) in [5.41, 5.74) is 4.90. The standard InChI is InChI=1S/C17H19N5OS2/c1-11(23)19-17-21-16-15(25-17)3-2-14(20-16)12-4-6-22(7-5-12)8-13-9-24-10-18-13/h2-3,9-10,12H,4-8H2,1H3,(H,19,20,21,23). The fourth-order valence-corrected chi connectivity index (χ4v) is 4.60. The average Bonchev–Trinajstić information content (AvgIpc) is 3.23. The summed E-state index contributed by atoms with van der Waals surface area (Å²) < 4.78 is 1.01. The molecule has 0 saturated carbocycles. The predicted octanol–water partition coefficient (Wildman–Crippen LogP) is 3.49. The highest BCUT2D eigenvalue weighted by molar-refractivity contribution is 7.22. The second kappa shape index (κ2) is 7.15. The van der Waals surface area contributed by atoms with Crippen LogP contribution in [-0.2, 0) is 11.3 Å². The lowest BCUT2D eigenvalue weighted by Crippen LogP contribution is -2.32. The number of carbonyl (C=O) groups is 1. The molecule has 130 valence electrons. The van der Waals surface area contributed by atoms with Gasteiger partial charge in [-0.2, -0.15) is 4.98 Å². The first-order chi connectivity index (χ1) is 12.2. The fraction of sp³-hybridized carbons (Fsp3) is 0.412. The van der Waals surface area contributed by atoms with Gasteiger partial charge in [-0.1, -0.05) is 11.3 Å². The van der Waals surface area contributed by atoms with Gasteiger partial charge in [0.05, 0.1) is 15.9 Å². The summed E-state index contributed by atoms with van der Waals surface area (Å²) in [6.07, 6.45) is 2.21. The summed E-state index contributed by atoms with van der Waals surface area (Å²) in [7, 11) is 0. The summed E-state index contributed by atoms with van der Waals surface area (Å²) in [4.78, 5) is 27.2. The third-order valence-electron chi connectivity index (χ3n) is 4.43. The molecule has 1 aliphatic rings. The lowest BCUT2D eigenvalue weighted by atomic mass is 9.93. The minimum absolute atomic E-state index is 0.105. The number of aromatic nitrogens is 3. The first kappa shape index (κ1) is 16.6. The quantitative estimate of drug-likeness (QED) is 0.758. The maximum absolute atomic E-state index is 11.2. The van der Waals surface area contributed by atoms with Crippen LogP contribution < -0.4 is 5.32 Å². The summed E-state index contributed by atoms with van der Waals surface area (Å²) >= 11 is 3.12. The van der Waals surface area contributed by atoms with E-state index in [1.54, 1.807) is 11.3 Å². The number of thiazole rings is 2. The maximum Gasteiger partial charge on any atom is 0.223 e. The van der Waals surface area contributed by atoms with Crippen LogP contribution >= 0.6 is 22.7 Å². The topological polar surface area (TPSA) is 71.0 Å². The van der Waals surface area contributed by atoms with E-state index in [1.165, 1.54) is 18.3 Å².